The maximum absolute atomic E-state index is 2.50. The third-order valence-corrected chi connectivity index (χ3v) is 19.8. The lowest BCUT2D eigenvalue weighted by Crippen LogP contribution is -2.19. The number of benzene rings is 11. The molecule has 13 aromatic rings. The van der Waals surface area contributed by atoms with Gasteiger partial charge in [0.2, 0.25) is 0 Å². The van der Waals surface area contributed by atoms with Crippen LogP contribution in [0.25, 0.3) is 71.7 Å². The van der Waals surface area contributed by atoms with E-state index in [9.17, 15) is 0 Å². The molecule has 0 aliphatic heterocycles. The molecule has 3 aliphatic carbocycles. The molecular formula is C82H68N4. The molecule has 2 aromatic heterocycles. The second-order valence-electron chi connectivity index (χ2n) is 25.3. The fourth-order valence-electron chi connectivity index (χ4n) is 15.5. The first-order valence-corrected chi connectivity index (χ1v) is 30.7. The van der Waals surface area contributed by atoms with Crippen molar-refractivity contribution in [2.75, 3.05) is 9.80 Å². The van der Waals surface area contributed by atoms with Gasteiger partial charge in [0.15, 0.2) is 0 Å². The summed E-state index contributed by atoms with van der Waals surface area (Å²) in [6.07, 6.45) is 6.93. The number of allylic oxidation sites excluding steroid dienone is 4. The summed E-state index contributed by atoms with van der Waals surface area (Å²) in [4.78, 5) is 4.99. The van der Waals surface area contributed by atoms with E-state index in [-0.39, 0.29) is 16.7 Å². The predicted molar refractivity (Wildman–Crippen MR) is 364 cm³/mol. The summed E-state index contributed by atoms with van der Waals surface area (Å²) in [5, 5.41) is 4.94. The number of aromatic nitrogens is 2. The Labute approximate surface area is 504 Å². The molecule has 11 aromatic carbocycles. The molecule has 4 heteroatoms. The average molecular weight is 1110 g/mol. The van der Waals surface area contributed by atoms with Crippen molar-refractivity contribution in [3.63, 3.8) is 0 Å². The zero-order chi connectivity index (χ0) is 58.2. The van der Waals surface area contributed by atoms with Crippen molar-refractivity contribution in [2.24, 2.45) is 0 Å². The van der Waals surface area contributed by atoms with Crippen LogP contribution in [0.5, 0.6) is 0 Å². The molecule has 2 heterocycles. The standard InChI is InChI=1S/C82H68N4/c1-52-46-57(83(61-36-42-67-65-26-14-18-30-73(65)81(4,5)75(67)50-61)59-38-44-79-71(48-59)69-28-16-20-32-77(69)85(79)55-22-10-8-11-23-55)34-40-63(52)54(3)64-41-35-58(47-53(64)2)84(62-37-43-68-66-27-15-19-31-74(66)82(6,7)76(68)51-62)60-39-45-80-72(49-60)70-29-17-21-33-78(70)86(80)56-24-12-9-13-25-56/h8-18,20-30,32-51,54H,19,31H2,1-7H3. The van der Waals surface area contributed by atoms with E-state index in [1.54, 1.807) is 5.57 Å². The van der Waals surface area contributed by atoms with Gasteiger partial charge < -0.3 is 18.9 Å². The molecule has 0 N–H and O–H groups in total. The van der Waals surface area contributed by atoms with Crippen molar-refractivity contribution in [1.82, 2.24) is 9.13 Å². The fourth-order valence-corrected chi connectivity index (χ4v) is 15.5. The summed E-state index contributed by atoms with van der Waals surface area (Å²) in [6, 6.07) is 91.1. The Kier molecular flexibility index (Phi) is 11.8. The molecule has 0 amide bonds. The Bertz CT molecular complexity index is 4990. The van der Waals surface area contributed by atoms with E-state index in [4.69, 9.17) is 0 Å². The molecule has 4 nitrogen and oxygen atoms in total. The van der Waals surface area contributed by atoms with Gasteiger partial charge in [0.1, 0.15) is 0 Å². The van der Waals surface area contributed by atoms with Crippen LogP contribution < -0.4 is 9.80 Å². The number of fused-ring (bicyclic) bond motifs is 11. The van der Waals surface area contributed by atoms with Gasteiger partial charge in [0.25, 0.3) is 0 Å². The van der Waals surface area contributed by atoms with Gasteiger partial charge in [-0.2, -0.15) is 0 Å². The van der Waals surface area contributed by atoms with Crippen molar-refractivity contribution in [3.8, 4) is 22.5 Å². The molecule has 0 saturated heterocycles. The number of para-hydroxylation sites is 4. The summed E-state index contributed by atoms with van der Waals surface area (Å²) in [7, 11) is 0. The summed E-state index contributed by atoms with van der Waals surface area (Å²) < 4.78 is 4.81. The Morgan fingerprint density at radius 2 is 0.791 bits per heavy atom. The van der Waals surface area contributed by atoms with E-state index in [1.165, 1.54) is 111 Å². The summed E-state index contributed by atoms with van der Waals surface area (Å²) >= 11 is 0. The van der Waals surface area contributed by atoms with Crippen LogP contribution in [0.15, 0.2) is 260 Å². The lowest BCUT2D eigenvalue weighted by molar-refractivity contribution is 0.607. The number of hydrogen-bond donors (Lipinski definition) is 0. The largest absolute Gasteiger partial charge is 0.310 e. The highest BCUT2D eigenvalue weighted by molar-refractivity contribution is 6.12. The third-order valence-electron chi connectivity index (χ3n) is 19.8. The lowest BCUT2D eigenvalue weighted by Gasteiger charge is -2.30. The van der Waals surface area contributed by atoms with Gasteiger partial charge in [0.05, 0.1) is 22.1 Å². The third kappa shape index (κ3) is 7.88. The van der Waals surface area contributed by atoms with Crippen LogP contribution in [0, 0.1) is 13.8 Å². The van der Waals surface area contributed by atoms with Gasteiger partial charge in [0, 0.05) is 83.8 Å². The Morgan fingerprint density at radius 3 is 1.34 bits per heavy atom. The van der Waals surface area contributed by atoms with Crippen LogP contribution in [0.4, 0.5) is 34.1 Å². The lowest BCUT2D eigenvalue weighted by atomic mass is 9.78. The van der Waals surface area contributed by atoms with Crippen LogP contribution in [0.1, 0.15) is 97.9 Å². The summed E-state index contributed by atoms with van der Waals surface area (Å²) in [6.45, 7) is 16.6. The average Bonchev–Trinajstić information content (AvgIpc) is 1.73. The molecule has 0 spiro atoms. The van der Waals surface area contributed by atoms with Gasteiger partial charge in [-0.3, -0.25) is 0 Å². The van der Waals surface area contributed by atoms with Crippen molar-refractivity contribution in [2.45, 2.75) is 78.1 Å². The van der Waals surface area contributed by atoms with E-state index in [0.29, 0.717) is 0 Å². The molecule has 0 fully saturated rings. The molecule has 416 valence electrons. The summed E-state index contributed by atoms with van der Waals surface area (Å²) in [5.41, 5.74) is 30.0. The molecule has 1 atom stereocenters. The van der Waals surface area contributed by atoms with Gasteiger partial charge >= 0.3 is 0 Å². The number of rotatable bonds is 10. The zero-order valence-corrected chi connectivity index (χ0v) is 50.0. The molecule has 3 aliphatic rings. The topological polar surface area (TPSA) is 16.3 Å². The number of nitrogens with zero attached hydrogens (tertiary/aromatic N) is 4. The molecular weight excluding hydrogens is 1040 g/mol. The van der Waals surface area contributed by atoms with Crippen LogP contribution in [-0.2, 0) is 10.8 Å². The highest BCUT2D eigenvalue weighted by Gasteiger charge is 2.39. The zero-order valence-electron chi connectivity index (χ0n) is 50.0. The van der Waals surface area contributed by atoms with Gasteiger partial charge in [-0.25, -0.2) is 0 Å². The molecule has 16 rings (SSSR count). The number of aryl methyl sites for hydroxylation is 2. The second kappa shape index (κ2) is 19.6. The normalized spacial score (nSPS) is 14.9. The van der Waals surface area contributed by atoms with Crippen LogP contribution in [-0.4, -0.2) is 9.13 Å². The quantitative estimate of drug-likeness (QED) is 0.136. The van der Waals surface area contributed by atoms with Gasteiger partial charge in [-0.15, -0.1) is 0 Å². The molecule has 0 bridgehead atoms. The van der Waals surface area contributed by atoms with Crippen molar-refractivity contribution >= 4 is 83.3 Å². The minimum atomic E-state index is -0.148. The molecule has 0 radical (unpaired) electrons. The monoisotopic (exact) mass is 1110 g/mol. The Balaban J connectivity index is 0.800. The van der Waals surface area contributed by atoms with Crippen molar-refractivity contribution < 1.29 is 0 Å². The van der Waals surface area contributed by atoms with Crippen LogP contribution in [0.2, 0.25) is 0 Å². The highest BCUT2D eigenvalue weighted by Crippen LogP contribution is 2.54. The van der Waals surface area contributed by atoms with E-state index in [2.05, 4.69) is 322 Å². The van der Waals surface area contributed by atoms with E-state index >= 15 is 0 Å². The van der Waals surface area contributed by atoms with Crippen LogP contribution in [0.3, 0.4) is 0 Å². The minimum Gasteiger partial charge on any atom is -0.310 e. The van der Waals surface area contributed by atoms with Crippen molar-refractivity contribution in [3.05, 3.63) is 305 Å². The maximum Gasteiger partial charge on any atom is 0.0542 e. The maximum atomic E-state index is 2.50. The second-order valence-corrected chi connectivity index (χ2v) is 25.3. The minimum absolute atomic E-state index is 0.0632. The first-order chi connectivity index (χ1) is 41.9. The number of hydrogen-bond acceptors (Lipinski definition) is 2. The van der Waals surface area contributed by atoms with Gasteiger partial charge in [-0.1, -0.05) is 174 Å². The van der Waals surface area contributed by atoms with E-state index in [0.717, 1.165) is 52.7 Å². The fraction of sp³-hybridized carbons (Fsp3) is 0.146. The first kappa shape index (κ1) is 51.7. The van der Waals surface area contributed by atoms with Crippen molar-refractivity contribution in [1.29, 1.82) is 0 Å². The highest BCUT2D eigenvalue weighted by atomic mass is 15.2. The molecule has 1 unspecified atom stereocenters. The Hall–Kier alpha value is -9.90. The smallest absolute Gasteiger partial charge is 0.0542 e. The van der Waals surface area contributed by atoms with Gasteiger partial charge in [-0.05, 0) is 209 Å². The number of anilines is 6. The summed E-state index contributed by atoms with van der Waals surface area (Å²) in [5.74, 6) is 0.131. The van der Waals surface area contributed by atoms with Crippen LogP contribution >= 0.6 is 0 Å². The van der Waals surface area contributed by atoms with E-state index < -0.39 is 0 Å². The Morgan fingerprint density at radius 1 is 0.372 bits per heavy atom. The SMILES string of the molecule is Cc1cc(N(c2ccc3c(c2)C(C)(C)C2=C3C=CCC2)c2ccc3c(c2)c2ccccc2n3-c2ccccc2)ccc1C(C)c1ccc(N(c2ccc3c(c2)C(C)(C)c2ccccc2-3)c2ccc3c(c2)c2ccccc2n3-c2ccccc2)cc1C. The van der Waals surface area contributed by atoms with E-state index in [1.807, 2.05) is 0 Å². The first-order valence-electron chi connectivity index (χ1n) is 30.7. The predicted octanol–water partition coefficient (Wildman–Crippen LogP) is 22.3. The molecule has 86 heavy (non-hydrogen) atoms. The molecule has 0 saturated carbocycles.